The van der Waals surface area contributed by atoms with E-state index in [0.29, 0.717) is 10.7 Å². The molecular formula is C10H12ClN3O. The summed E-state index contributed by atoms with van der Waals surface area (Å²) in [6.45, 7) is 1.65. The fraction of sp³-hybridized carbons (Fsp3) is 0.400. The Kier molecular flexibility index (Phi) is 3.06. The summed E-state index contributed by atoms with van der Waals surface area (Å²) in [5.74, 6) is 0. The van der Waals surface area contributed by atoms with E-state index in [9.17, 15) is 4.79 Å². The number of pyridine rings is 1. The Balaban J connectivity index is 2.02. The van der Waals surface area contributed by atoms with Crippen molar-refractivity contribution in [1.29, 1.82) is 0 Å². The van der Waals surface area contributed by atoms with Gasteiger partial charge in [-0.3, -0.25) is 4.98 Å². The lowest BCUT2D eigenvalue weighted by molar-refractivity contribution is 0.222. The lowest BCUT2D eigenvalue weighted by atomic mass is 10.4. The number of likely N-dealkylation sites (tertiary alicyclic amines) is 1. The van der Waals surface area contributed by atoms with Gasteiger partial charge < -0.3 is 10.2 Å². The molecule has 0 bridgehead atoms. The van der Waals surface area contributed by atoms with Gasteiger partial charge in [0.05, 0.1) is 16.9 Å². The van der Waals surface area contributed by atoms with Crippen LogP contribution < -0.4 is 5.32 Å². The standard InChI is InChI=1S/C10H12ClN3O/c11-8-3-4-12-7-9(8)13-10(15)14-5-1-2-6-14/h3-4,7H,1-2,5-6H2,(H,13,15). The summed E-state index contributed by atoms with van der Waals surface area (Å²) in [6.07, 6.45) is 5.30. The Labute approximate surface area is 93.2 Å². The van der Waals surface area contributed by atoms with Crippen LogP contribution >= 0.6 is 11.6 Å². The fourth-order valence-corrected chi connectivity index (χ4v) is 1.74. The van der Waals surface area contributed by atoms with Gasteiger partial charge in [0.15, 0.2) is 0 Å². The number of nitrogens with one attached hydrogen (secondary N) is 1. The predicted molar refractivity (Wildman–Crippen MR) is 59.1 cm³/mol. The number of anilines is 1. The summed E-state index contributed by atoms with van der Waals surface area (Å²) in [5, 5.41) is 3.26. The minimum absolute atomic E-state index is 0.0950. The van der Waals surface area contributed by atoms with Crippen LogP contribution in [0.25, 0.3) is 0 Å². The third-order valence-electron chi connectivity index (χ3n) is 2.40. The first-order chi connectivity index (χ1) is 7.27. The molecule has 2 amide bonds. The summed E-state index contributed by atoms with van der Waals surface area (Å²) < 4.78 is 0. The summed E-state index contributed by atoms with van der Waals surface area (Å²) in [5.41, 5.74) is 0.566. The van der Waals surface area contributed by atoms with E-state index in [1.807, 2.05) is 0 Å². The van der Waals surface area contributed by atoms with E-state index in [1.165, 1.54) is 0 Å². The summed E-state index contributed by atoms with van der Waals surface area (Å²) >= 11 is 5.90. The van der Waals surface area contributed by atoms with E-state index in [-0.39, 0.29) is 6.03 Å². The molecule has 1 saturated heterocycles. The minimum Gasteiger partial charge on any atom is -0.325 e. The van der Waals surface area contributed by atoms with Gasteiger partial charge in [-0.25, -0.2) is 4.79 Å². The highest BCUT2D eigenvalue weighted by atomic mass is 35.5. The molecule has 2 rings (SSSR count). The van der Waals surface area contributed by atoms with Gasteiger partial charge in [-0.1, -0.05) is 11.6 Å². The molecule has 1 N–H and O–H groups in total. The van der Waals surface area contributed by atoms with Gasteiger partial charge in [0.25, 0.3) is 0 Å². The Hall–Kier alpha value is -1.29. The summed E-state index contributed by atoms with van der Waals surface area (Å²) in [4.78, 5) is 17.4. The number of hydrogen-bond donors (Lipinski definition) is 1. The van der Waals surface area contributed by atoms with Crippen molar-refractivity contribution in [2.24, 2.45) is 0 Å². The van der Waals surface area contributed by atoms with Crippen molar-refractivity contribution in [3.8, 4) is 0 Å². The Bertz CT molecular complexity index is 363. The van der Waals surface area contributed by atoms with Crippen LogP contribution in [0.1, 0.15) is 12.8 Å². The normalized spacial score (nSPS) is 15.4. The van der Waals surface area contributed by atoms with E-state index in [4.69, 9.17) is 11.6 Å². The highest BCUT2D eigenvalue weighted by Crippen LogP contribution is 2.20. The molecule has 0 spiro atoms. The van der Waals surface area contributed by atoms with Crippen molar-refractivity contribution < 1.29 is 4.79 Å². The molecule has 0 saturated carbocycles. The topological polar surface area (TPSA) is 45.2 Å². The first kappa shape index (κ1) is 10.2. The monoisotopic (exact) mass is 225 g/mol. The number of carbonyl (C=O) groups is 1. The van der Waals surface area contributed by atoms with Crippen LogP contribution in [0.4, 0.5) is 10.5 Å². The maximum atomic E-state index is 11.7. The molecule has 15 heavy (non-hydrogen) atoms. The zero-order valence-corrected chi connectivity index (χ0v) is 9.00. The molecular weight excluding hydrogens is 214 g/mol. The highest BCUT2D eigenvalue weighted by molar-refractivity contribution is 6.33. The van der Waals surface area contributed by atoms with Gasteiger partial charge in [0.1, 0.15) is 0 Å². The SMILES string of the molecule is O=C(Nc1cnccc1Cl)N1CCCC1. The first-order valence-corrected chi connectivity index (χ1v) is 5.30. The van der Waals surface area contributed by atoms with Crippen molar-refractivity contribution in [3.05, 3.63) is 23.5 Å². The van der Waals surface area contributed by atoms with Gasteiger partial charge in [0.2, 0.25) is 0 Å². The molecule has 1 aliphatic heterocycles. The number of rotatable bonds is 1. The average Bonchev–Trinajstić information content (AvgIpc) is 2.74. The molecule has 2 heterocycles. The Morgan fingerprint density at radius 1 is 1.47 bits per heavy atom. The maximum Gasteiger partial charge on any atom is 0.321 e. The van der Waals surface area contributed by atoms with Gasteiger partial charge in [-0.05, 0) is 18.9 Å². The van der Waals surface area contributed by atoms with E-state index < -0.39 is 0 Å². The van der Waals surface area contributed by atoms with Crippen LogP contribution in [0.5, 0.6) is 0 Å². The Morgan fingerprint density at radius 3 is 2.87 bits per heavy atom. The van der Waals surface area contributed by atoms with Gasteiger partial charge in [-0.2, -0.15) is 0 Å². The molecule has 4 nitrogen and oxygen atoms in total. The molecule has 0 aliphatic carbocycles. The second-order valence-corrected chi connectivity index (χ2v) is 3.89. The van der Waals surface area contributed by atoms with Crippen LogP contribution in [0, 0.1) is 0 Å². The molecule has 1 fully saturated rings. The predicted octanol–water partition coefficient (Wildman–Crippen LogP) is 2.36. The van der Waals surface area contributed by atoms with Gasteiger partial charge >= 0.3 is 6.03 Å². The van der Waals surface area contributed by atoms with Crippen LogP contribution in [0.2, 0.25) is 5.02 Å². The van der Waals surface area contributed by atoms with E-state index in [2.05, 4.69) is 10.3 Å². The number of amides is 2. The van der Waals surface area contributed by atoms with E-state index in [1.54, 1.807) is 23.4 Å². The number of hydrogen-bond acceptors (Lipinski definition) is 2. The lowest BCUT2D eigenvalue weighted by Gasteiger charge is -2.16. The van der Waals surface area contributed by atoms with Crippen molar-refractivity contribution in [2.75, 3.05) is 18.4 Å². The molecule has 1 aromatic heterocycles. The zero-order chi connectivity index (χ0) is 10.7. The van der Waals surface area contributed by atoms with Crippen molar-refractivity contribution >= 4 is 23.3 Å². The molecule has 0 aromatic carbocycles. The van der Waals surface area contributed by atoms with Crippen LogP contribution in [0.15, 0.2) is 18.5 Å². The molecule has 0 unspecified atom stereocenters. The number of carbonyl (C=O) groups excluding carboxylic acids is 1. The largest absolute Gasteiger partial charge is 0.325 e. The second-order valence-electron chi connectivity index (χ2n) is 3.48. The highest BCUT2D eigenvalue weighted by Gasteiger charge is 2.18. The van der Waals surface area contributed by atoms with Crippen molar-refractivity contribution in [1.82, 2.24) is 9.88 Å². The van der Waals surface area contributed by atoms with Crippen molar-refractivity contribution in [3.63, 3.8) is 0 Å². The summed E-state index contributed by atoms with van der Waals surface area (Å²) in [6, 6.07) is 1.56. The number of aromatic nitrogens is 1. The number of halogens is 1. The third-order valence-corrected chi connectivity index (χ3v) is 2.73. The van der Waals surface area contributed by atoms with Crippen molar-refractivity contribution in [2.45, 2.75) is 12.8 Å². The number of urea groups is 1. The molecule has 80 valence electrons. The van der Waals surface area contributed by atoms with E-state index in [0.717, 1.165) is 25.9 Å². The fourth-order valence-electron chi connectivity index (χ4n) is 1.58. The van der Waals surface area contributed by atoms with Crippen LogP contribution in [-0.4, -0.2) is 29.0 Å². The molecule has 0 atom stereocenters. The summed E-state index contributed by atoms with van der Waals surface area (Å²) in [7, 11) is 0. The first-order valence-electron chi connectivity index (χ1n) is 4.93. The van der Waals surface area contributed by atoms with E-state index >= 15 is 0 Å². The zero-order valence-electron chi connectivity index (χ0n) is 8.24. The minimum atomic E-state index is -0.0950. The quantitative estimate of drug-likeness (QED) is 0.798. The average molecular weight is 226 g/mol. The van der Waals surface area contributed by atoms with Crippen LogP contribution in [-0.2, 0) is 0 Å². The Morgan fingerprint density at radius 2 is 2.20 bits per heavy atom. The molecule has 1 aliphatic rings. The number of nitrogens with zero attached hydrogens (tertiary/aromatic N) is 2. The molecule has 0 radical (unpaired) electrons. The maximum absolute atomic E-state index is 11.7. The lowest BCUT2D eigenvalue weighted by Crippen LogP contribution is -2.32. The van der Waals surface area contributed by atoms with Gasteiger partial charge in [0, 0.05) is 19.3 Å². The molecule has 5 heteroatoms. The second kappa shape index (κ2) is 4.49. The van der Waals surface area contributed by atoms with Gasteiger partial charge in [-0.15, -0.1) is 0 Å². The molecule has 1 aromatic rings. The van der Waals surface area contributed by atoms with Crippen LogP contribution in [0.3, 0.4) is 0 Å². The third kappa shape index (κ3) is 2.39. The smallest absolute Gasteiger partial charge is 0.321 e.